The molecule has 0 heterocycles. The molecule has 5 heteroatoms. The van der Waals surface area contributed by atoms with E-state index in [1.165, 1.54) is 6.07 Å². The van der Waals surface area contributed by atoms with Gasteiger partial charge in [0.05, 0.1) is 4.47 Å². The molecule has 20 heavy (non-hydrogen) atoms. The monoisotopic (exact) mass is 334 g/mol. The second-order valence-corrected chi connectivity index (χ2v) is 5.07. The standard InChI is InChI=1S/C15H15BrN2O2/c16-13-7-6-11(10-14(13)19)15(20)18-9-8-17-12-4-2-1-3-5-12/h1-7,10,17,19H,8-9H2,(H,18,20). The topological polar surface area (TPSA) is 61.4 Å². The highest BCUT2D eigenvalue weighted by atomic mass is 79.9. The molecule has 104 valence electrons. The van der Waals surface area contributed by atoms with Crippen molar-refractivity contribution in [3.05, 3.63) is 58.6 Å². The number of hydrogen-bond acceptors (Lipinski definition) is 3. The van der Waals surface area contributed by atoms with Crippen LogP contribution in [0.1, 0.15) is 10.4 Å². The maximum absolute atomic E-state index is 11.9. The predicted molar refractivity (Wildman–Crippen MR) is 83.1 cm³/mol. The van der Waals surface area contributed by atoms with Crippen LogP contribution in [0.25, 0.3) is 0 Å². The largest absolute Gasteiger partial charge is 0.507 e. The van der Waals surface area contributed by atoms with Crippen LogP contribution in [0.5, 0.6) is 5.75 Å². The van der Waals surface area contributed by atoms with E-state index in [4.69, 9.17) is 0 Å². The molecular weight excluding hydrogens is 320 g/mol. The van der Waals surface area contributed by atoms with Crippen LogP contribution >= 0.6 is 15.9 Å². The molecule has 0 radical (unpaired) electrons. The first-order chi connectivity index (χ1) is 9.66. The van der Waals surface area contributed by atoms with Crippen LogP contribution in [-0.4, -0.2) is 24.1 Å². The van der Waals surface area contributed by atoms with Crippen molar-refractivity contribution in [2.24, 2.45) is 0 Å². The highest BCUT2D eigenvalue weighted by Gasteiger charge is 2.07. The summed E-state index contributed by atoms with van der Waals surface area (Å²) >= 11 is 3.18. The molecule has 0 fully saturated rings. The van der Waals surface area contributed by atoms with Crippen LogP contribution in [0, 0.1) is 0 Å². The van der Waals surface area contributed by atoms with Gasteiger partial charge in [0.15, 0.2) is 0 Å². The van der Waals surface area contributed by atoms with E-state index in [0.717, 1.165) is 5.69 Å². The number of carbonyl (C=O) groups excluding carboxylic acids is 1. The van der Waals surface area contributed by atoms with Gasteiger partial charge in [-0.3, -0.25) is 4.79 Å². The van der Waals surface area contributed by atoms with Gasteiger partial charge in [-0.25, -0.2) is 0 Å². The van der Waals surface area contributed by atoms with Gasteiger partial charge in [0, 0.05) is 24.3 Å². The van der Waals surface area contributed by atoms with Gasteiger partial charge in [0.25, 0.3) is 5.91 Å². The third kappa shape index (κ3) is 3.99. The SMILES string of the molecule is O=C(NCCNc1ccccc1)c1ccc(Br)c(O)c1. The van der Waals surface area contributed by atoms with Gasteiger partial charge >= 0.3 is 0 Å². The zero-order valence-corrected chi connectivity index (χ0v) is 12.4. The number of para-hydroxylation sites is 1. The van der Waals surface area contributed by atoms with Crippen LogP contribution in [0.4, 0.5) is 5.69 Å². The molecule has 2 rings (SSSR count). The quantitative estimate of drug-likeness (QED) is 0.736. The Morgan fingerprint density at radius 2 is 1.85 bits per heavy atom. The number of aromatic hydroxyl groups is 1. The number of phenols is 1. The molecule has 0 aromatic heterocycles. The van der Waals surface area contributed by atoms with E-state index in [2.05, 4.69) is 26.6 Å². The molecule has 0 bridgehead atoms. The first-order valence-electron chi connectivity index (χ1n) is 6.22. The fourth-order valence-corrected chi connectivity index (χ4v) is 1.94. The first kappa shape index (κ1) is 14.4. The van der Waals surface area contributed by atoms with Crippen LogP contribution < -0.4 is 10.6 Å². The third-order valence-corrected chi connectivity index (χ3v) is 3.39. The Morgan fingerprint density at radius 3 is 2.55 bits per heavy atom. The lowest BCUT2D eigenvalue weighted by atomic mass is 10.2. The van der Waals surface area contributed by atoms with E-state index in [1.807, 2.05) is 30.3 Å². The average Bonchev–Trinajstić information content (AvgIpc) is 2.47. The van der Waals surface area contributed by atoms with Crippen LogP contribution in [0.2, 0.25) is 0 Å². The third-order valence-electron chi connectivity index (χ3n) is 2.72. The predicted octanol–water partition coefficient (Wildman–Crippen LogP) is 3.00. The minimum absolute atomic E-state index is 0.0556. The van der Waals surface area contributed by atoms with E-state index in [-0.39, 0.29) is 11.7 Å². The Morgan fingerprint density at radius 1 is 1.10 bits per heavy atom. The second-order valence-electron chi connectivity index (χ2n) is 4.21. The van der Waals surface area contributed by atoms with E-state index < -0.39 is 0 Å². The molecule has 0 aliphatic rings. The maximum atomic E-state index is 11.9. The highest BCUT2D eigenvalue weighted by molar-refractivity contribution is 9.10. The Bertz CT molecular complexity index is 588. The Labute approximate surface area is 126 Å². The number of halogens is 1. The number of anilines is 1. The lowest BCUT2D eigenvalue weighted by Crippen LogP contribution is -2.28. The zero-order valence-electron chi connectivity index (χ0n) is 10.8. The van der Waals surface area contributed by atoms with Crippen LogP contribution in [-0.2, 0) is 0 Å². The first-order valence-corrected chi connectivity index (χ1v) is 7.02. The van der Waals surface area contributed by atoms with Crippen molar-refractivity contribution < 1.29 is 9.90 Å². The van der Waals surface area contributed by atoms with Crippen molar-refractivity contribution in [1.29, 1.82) is 0 Å². The summed E-state index contributed by atoms with van der Waals surface area (Å²) in [5.74, 6) is -0.150. The smallest absolute Gasteiger partial charge is 0.251 e. The molecule has 0 aliphatic carbocycles. The average molecular weight is 335 g/mol. The number of nitrogens with one attached hydrogen (secondary N) is 2. The Balaban J connectivity index is 1.79. The number of benzene rings is 2. The maximum Gasteiger partial charge on any atom is 0.251 e. The highest BCUT2D eigenvalue weighted by Crippen LogP contribution is 2.24. The minimum Gasteiger partial charge on any atom is -0.507 e. The second kappa shape index (κ2) is 6.96. The van der Waals surface area contributed by atoms with Crippen LogP contribution in [0.15, 0.2) is 53.0 Å². The molecule has 0 saturated heterocycles. The minimum atomic E-state index is -0.206. The number of amides is 1. The van der Waals surface area contributed by atoms with Gasteiger partial charge < -0.3 is 15.7 Å². The van der Waals surface area contributed by atoms with Crippen LogP contribution in [0.3, 0.4) is 0 Å². The molecule has 2 aromatic carbocycles. The van der Waals surface area contributed by atoms with E-state index in [1.54, 1.807) is 12.1 Å². The van der Waals surface area contributed by atoms with Gasteiger partial charge in [-0.05, 0) is 46.3 Å². The molecule has 0 spiro atoms. The number of hydrogen-bond donors (Lipinski definition) is 3. The summed E-state index contributed by atoms with van der Waals surface area (Å²) in [5.41, 5.74) is 1.45. The molecule has 0 saturated carbocycles. The summed E-state index contributed by atoms with van der Waals surface area (Å²) in [6, 6.07) is 14.5. The van der Waals surface area contributed by atoms with E-state index in [0.29, 0.717) is 23.1 Å². The van der Waals surface area contributed by atoms with Crippen molar-refractivity contribution in [3.8, 4) is 5.75 Å². The van der Waals surface area contributed by atoms with Gasteiger partial charge in [-0.2, -0.15) is 0 Å². The van der Waals surface area contributed by atoms with Gasteiger partial charge in [-0.1, -0.05) is 18.2 Å². The lowest BCUT2D eigenvalue weighted by molar-refractivity contribution is 0.0955. The molecule has 0 atom stereocenters. The van der Waals surface area contributed by atoms with Crippen molar-refractivity contribution in [2.75, 3.05) is 18.4 Å². The van der Waals surface area contributed by atoms with E-state index >= 15 is 0 Å². The van der Waals surface area contributed by atoms with Gasteiger partial charge in [-0.15, -0.1) is 0 Å². The summed E-state index contributed by atoms with van der Waals surface area (Å²) < 4.78 is 0.569. The van der Waals surface area contributed by atoms with Crippen molar-refractivity contribution in [1.82, 2.24) is 5.32 Å². The molecule has 4 nitrogen and oxygen atoms in total. The molecule has 3 N–H and O–H groups in total. The Hall–Kier alpha value is -2.01. The van der Waals surface area contributed by atoms with Gasteiger partial charge in [0.1, 0.15) is 5.75 Å². The molecule has 2 aromatic rings. The molecule has 0 unspecified atom stereocenters. The van der Waals surface area contributed by atoms with E-state index in [9.17, 15) is 9.90 Å². The lowest BCUT2D eigenvalue weighted by Gasteiger charge is -2.08. The summed E-state index contributed by atoms with van der Waals surface area (Å²) in [6.45, 7) is 1.14. The number of rotatable bonds is 5. The summed E-state index contributed by atoms with van der Waals surface area (Å²) in [6.07, 6.45) is 0. The fourth-order valence-electron chi connectivity index (χ4n) is 1.69. The molecule has 1 amide bonds. The van der Waals surface area contributed by atoms with Crippen molar-refractivity contribution >= 4 is 27.5 Å². The van der Waals surface area contributed by atoms with Gasteiger partial charge in [0.2, 0.25) is 0 Å². The summed E-state index contributed by atoms with van der Waals surface area (Å²) in [4.78, 5) is 11.9. The van der Waals surface area contributed by atoms with Crippen molar-refractivity contribution in [2.45, 2.75) is 0 Å². The number of carbonyl (C=O) groups is 1. The zero-order chi connectivity index (χ0) is 14.4. The van der Waals surface area contributed by atoms with Crippen molar-refractivity contribution in [3.63, 3.8) is 0 Å². The number of phenolic OH excluding ortho intramolecular Hbond substituents is 1. The summed E-state index contributed by atoms with van der Waals surface area (Å²) in [5, 5.41) is 15.5. The normalized spacial score (nSPS) is 10.1. The molecule has 0 aliphatic heterocycles. The summed E-state index contributed by atoms with van der Waals surface area (Å²) in [7, 11) is 0. The Kier molecular flexibility index (Phi) is 5.01. The molecular formula is C15H15BrN2O2. The fraction of sp³-hybridized carbons (Fsp3) is 0.133.